The van der Waals surface area contributed by atoms with E-state index in [9.17, 15) is 0 Å². The Balaban J connectivity index is 1.87. The molecule has 0 bridgehead atoms. The fourth-order valence-corrected chi connectivity index (χ4v) is 2.79. The summed E-state index contributed by atoms with van der Waals surface area (Å²) in [6, 6.07) is 15.7. The average molecular weight is 316 g/mol. The van der Waals surface area contributed by atoms with Gasteiger partial charge in [0.05, 0.1) is 12.8 Å². The van der Waals surface area contributed by atoms with Crippen LogP contribution in [0.3, 0.4) is 0 Å². The molecule has 0 N–H and O–H groups in total. The fourth-order valence-electron chi connectivity index (χ4n) is 2.63. The molecule has 0 aliphatic carbocycles. The topological polar surface area (TPSA) is 23.4 Å². The van der Waals surface area contributed by atoms with Crippen LogP contribution in [-0.4, -0.2) is 11.7 Å². The van der Waals surface area contributed by atoms with Gasteiger partial charge in [-0.25, -0.2) is 0 Å². The molecule has 0 spiro atoms. The summed E-state index contributed by atoms with van der Waals surface area (Å²) in [4.78, 5) is 0. The first-order valence-corrected chi connectivity index (χ1v) is 7.63. The van der Waals surface area contributed by atoms with E-state index in [1.165, 1.54) is 5.39 Å². The molecule has 22 heavy (non-hydrogen) atoms. The third kappa shape index (κ3) is 2.90. The van der Waals surface area contributed by atoms with Crippen molar-refractivity contribution in [3.8, 4) is 11.5 Å². The normalized spacial score (nSPS) is 10.9. The van der Waals surface area contributed by atoms with Gasteiger partial charge in [0.1, 0.15) is 18.1 Å². The van der Waals surface area contributed by atoms with Gasteiger partial charge in [0, 0.05) is 28.5 Å². The summed E-state index contributed by atoms with van der Waals surface area (Å²) in [5.74, 6) is 1.59. The van der Waals surface area contributed by atoms with E-state index in [-0.39, 0.29) is 0 Å². The van der Waals surface area contributed by atoms with Crippen molar-refractivity contribution in [3.05, 3.63) is 59.2 Å². The number of hydrogen-bond acceptors (Lipinski definition) is 2. The molecule has 114 valence electrons. The van der Waals surface area contributed by atoms with Crippen LogP contribution in [0.1, 0.15) is 12.6 Å². The quantitative estimate of drug-likeness (QED) is 0.668. The van der Waals surface area contributed by atoms with E-state index in [4.69, 9.17) is 21.1 Å². The highest BCUT2D eigenvalue weighted by Gasteiger charge is 2.09. The van der Waals surface area contributed by atoms with E-state index in [0.29, 0.717) is 6.61 Å². The number of methoxy groups -OCH3 is 1. The molecule has 3 rings (SSSR count). The zero-order valence-electron chi connectivity index (χ0n) is 12.7. The molecule has 0 fully saturated rings. The maximum atomic E-state index is 6.10. The Labute approximate surface area is 135 Å². The van der Waals surface area contributed by atoms with Gasteiger partial charge in [-0.05, 0) is 37.3 Å². The van der Waals surface area contributed by atoms with Crippen LogP contribution in [0.15, 0.2) is 48.5 Å². The van der Waals surface area contributed by atoms with Gasteiger partial charge in [-0.3, -0.25) is 0 Å². The van der Waals surface area contributed by atoms with Crippen molar-refractivity contribution < 1.29 is 9.47 Å². The second-order valence-corrected chi connectivity index (χ2v) is 5.49. The van der Waals surface area contributed by atoms with Gasteiger partial charge in [-0.2, -0.15) is 0 Å². The molecule has 2 aromatic carbocycles. The highest BCUT2D eigenvalue weighted by molar-refractivity contribution is 6.31. The van der Waals surface area contributed by atoms with Crippen molar-refractivity contribution in [1.29, 1.82) is 0 Å². The molecule has 1 heterocycles. The van der Waals surface area contributed by atoms with Crippen LogP contribution in [0.2, 0.25) is 5.02 Å². The largest absolute Gasteiger partial charge is 0.497 e. The third-order valence-electron chi connectivity index (χ3n) is 3.70. The Morgan fingerprint density at radius 2 is 1.86 bits per heavy atom. The SMILES string of the molecule is CCn1c(COc2cccc(OC)c2)cc2ccc(Cl)cc21. The average Bonchev–Trinajstić information content (AvgIpc) is 2.89. The molecule has 0 saturated carbocycles. The van der Waals surface area contributed by atoms with Crippen molar-refractivity contribution in [2.75, 3.05) is 7.11 Å². The molecule has 0 aliphatic rings. The Morgan fingerprint density at radius 3 is 2.64 bits per heavy atom. The first kappa shape index (κ1) is 14.8. The lowest BCUT2D eigenvalue weighted by Crippen LogP contribution is -2.04. The van der Waals surface area contributed by atoms with Crippen molar-refractivity contribution in [1.82, 2.24) is 4.57 Å². The number of halogens is 1. The van der Waals surface area contributed by atoms with Gasteiger partial charge in [0.15, 0.2) is 0 Å². The van der Waals surface area contributed by atoms with E-state index in [1.54, 1.807) is 7.11 Å². The second kappa shape index (κ2) is 6.32. The van der Waals surface area contributed by atoms with E-state index in [0.717, 1.165) is 34.3 Å². The number of fused-ring (bicyclic) bond motifs is 1. The molecular formula is C18H18ClNO2. The molecule has 0 atom stereocenters. The number of nitrogens with zero attached hydrogens (tertiary/aromatic N) is 1. The summed E-state index contributed by atoms with van der Waals surface area (Å²) in [6.45, 7) is 3.50. The van der Waals surface area contributed by atoms with Crippen molar-refractivity contribution in [2.45, 2.75) is 20.1 Å². The molecule has 0 unspecified atom stereocenters. The molecule has 0 amide bonds. The zero-order valence-corrected chi connectivity index (χ0v) is 13.4. The third-order valence-corrected chi connectivity index (χ3v) is 3.93. The number of rotatable bonds is 5. The zero-order chi connectivity index (χ0) is 15.5. The first-order valence-electron chi connectivity index (χ1n) is 7.26. The van der Waals surface area contributed by atoms with E-state index < -0.39 is 0 Å². The lowest BCUT2D eigenvalue weighted by atomic mass is 10.2. The smallest absolute Gasteiger partial charge is 0.128 e. The molecule has 1 aromatic heterocycles. The van der Waals surface area contributed by atoms with E-state index in [1.807, 2.05) is 42.5 Å². The summed E-state index contributed by atoms with van der Waals surface area (Å²) < 4.78 is 13.3. The monoisotopic (exact) mass is 315 g/mol. The predicted octanol–water partition coefficient (Wildman–Crippen LogP) is 4.90. The van der Waals surface area contributed by atoms with Gasteiger partial charge in [0.25, 0.3) is 0 Å². The maximum Gasteiger partial charge on any atom is 0.128 e. The van der Waals surface area contributed by atoms with Gasteiger partial charge < -0.3 is 14.0 Å². The lowest BCUT2D eigenvalue weighted by molar-refractivity contribution is 0.294. The summed E-state index contributed by atoms with van der Waals surface area (Å²) >= 11 is 6.10. The Bertz CT molecular complexity index is 795. The predicted molar refractivity (Wildman–Crippen MR) is 89.9 cm³/mol. The Morgan fingerprint density at radius 1 is 1.05 bits per heavy atom. The molecule has 0 radical (unpaired) electrons. The van der Waals surface area contributed by atoms with Crippen LogP contribution in [0.4, 0.5) is 0 Å². The Hall–Kier alpha value is -2.13. The van der Waals surface area contributed by atoms with E-state index in [2.05, 4.69) is 17.6 Å². The number of benzene rings is 2. The van der Waals surface area contributed by atoms with E-state index >= 15 is 0 Å². The molecular weight excluding hydrogens is 298 g/mol. The summed E-state index contributed by atoms with van der Waals surface area (Å²) in [7, 11) is 1.65. The highest BCUT2D eigenvalue weighted by Crippen LogP contribution is 2.25. The van der Waals surface area contributed by atoms with Crippen LogP contribution < -0.4 is 9.47 Å². The minimum atomic E-state index is 0.507. The van der Waals surface area contributed by atoms with Crippen molar-refractivity contribution in [2.24, 2.45) is 0 Å². The van der Waals surface area contributed by atoms with Crippen LogP contribution in [0, 0.1) is 0 Å². The number of hydrogen-bond donors (Lipinski definition) is 0. The second-order valence-electron chi connectivity index (χ2n) is 5.05. The van der Waals surface area contributed by atoms with Crippen LogP contribution in [0.5, 0.6) is 11.5 Å². The number of ether oxygens (including phenoxy) is 2. The number of aromatic nitrogens is 1. The molecule has 0 aliphatic heterocycles. The maximum absolute atomic E-state index is 6.10. The molecule has 0 saturated heterocycles. The minimum absolute atomic E-state index is 0.507. The number of aryl methyl sites for hydroxylation is 1. The fraction of sp³-hybridized carbons (Fsp3) is 0.222. The summed E-state index contributed by atoms with van der Waals surface area (Å²) in [5.41, 5.74) is 2.27. The van der Waals surface area contributed by atoms with Crippen LogP contribution >= 0.6 is 11.6 Å². The van der Waals surface area contributed by atoms with Gasteiger partial charge >= 0.3 is 0 Å². The molecule has 3 nitrogen and oxygen atoms in total. The van der Waals surface area contributed by atoms with Gasteiger partial charge in [-0.15, -0.1) is 0 Å². The van der Waals surface area contributed by atoms with Gasteiger partial charge in [0.2, 0.25) is 0 Å². The first-order chi connectivity index (χ1) is 10.7. The van der Waals surface area contributed by atoms with Crippen LogP contribution in [0.25, 0.3) is 10.9 Å². The van der Waals surface area contributed by atoms with Crippen molar-refractivity contribution in [3.63, 3.8) is 0 Å². The standard InChI is InChI=1S/C18H18ClNO2/c1-3-20-15(9-13-7-8-14(19)10-18(13)20)12-22-17-6-4-5-16(11-17)21-2/h4-11H,3,12H2,1-2H3. The highest BCUT2D eigenvalue weighted by atomic mass is 35.5. The lowest BCUT2D eigenvalue weighted by Gasteiger charge is -2.10. The summed E-state index contributed by atoms with van der Waals surface area (Å²) in [5, 5.41) is 1.93. The Kier molecular flexibility index (Phi) is 4.25. The molecule has 4 heteroatoms. The minimum Gasteiger partial charge on any atom is -0.497 e. The van der Waals surface area contributed by atoms with Gasteiger partial charge in [-0.1, -0.05) is 23.7 Å². The van der Waals surface area contributed by atoms with Crippen molar-refractivity contribution >= 4 is 22.5 Å². The van der Waals surface area contributed by atoms with Crippen LogP contribution in [-0.2, 0) is 13.2 Å². The summed E-state index contributed by atoms with van der Waals surface area (Å²) in [6.07, 6.45) is 0. The molecule has 3 aromatic rings.